The zero-order chi connectivity index (χ0) is 110. The predicted octanol–water partition coefficient (Wildman–Crippen LogP) is 23.6. The Morgan fingerprint density at radius 2 is 0.586 bits per heavy atom. The van der Waals surface area contributed by atoms with Crippen LogP contribution in [0.15, 0.2) is 270 Å². The summed E-state index contributed by atoms with van der Waals surface area (Å²) in [6.45, 7) is 40.1. The van der Waals surface area contributed by atoms with Gasteiger partial charge in [0.1, 0.15) is 22.4 Å². The number of aliphatic imine (C=N–C) groups is 1. The second-order valence-corrected chi connectivity index (χ2v) is 36.3. The quantitative estimate of drug-likeness (QED) is 0.00229. The van der Waals surface area contributed by atoms with Crippen LogP contribution >= 0.6 is 59.3 Å². The number of benzene rings is 10. The summed E-state index contributed by atoms with van der Waals surface area (Å²) in [7, 11) is 0.257. The smallest absolute Gasteiger partial charge is 0.399 e. The first-order valence-corrected chi connectivity index (χ1v) is 46.3. The Kier molecular flexibility index (Phi) is 48.7. The number of carbonyl (C=O) groups is 5. The van der Waals surface area contributed by atoms with Gasteiger partial charge >= 0.3 is 30.9 Å². The Morgan fingerprint density at radius 1 is 0.379 bits per heavy atom. The number of amides is 5. The van der Waals surface area contributed by atoms with Crippen LogP contribution in [0.3, 0.4) is 0 Å². The maximum absolute atomic E-state index is 13.0. The van der Waals surface area contributed by atoms with Crippen LogP contribution in [-0.2, 0) is 64.7 Å². The highest BCUT2D eigenvalue weighted by atomic mass is 32.2. The zero-order valence-electron chi connectivity index (χ0n) is 76.7. The number of hydrogen-bond donors (Lipinski definition) is 12. The molecule has 0 radical (unpaired) electrons. The van der Waals surface area contributed by atoms with Crippen LogP contribution in [0.2, 0.25) is 0 Å². The van der Waals surface area contributed by atoms with E-state index in [-0.39, 0.29) is 56.3 Å². The van der Waals surface area contributed by atoms with Gasteiger partial charge in [0.2, 0.25) is 0 Å². The van der Waals surface area contributed by atoms with Crippen molar-refractivity contribution in [3.8, 4) is 0 Å². The number of anilines is 6. The number of azide groups is 1. The van der Waals surface area contributed by atoms with Gasteiger partial charge < -0.3 is 63.6 Å². The van der Waals surface area contributed by atoms with E-state index in [4.69, 9.17) is 49.0 Å². The molecule has 10 aromatic carbocycles. The fourth-order valence-electron chi connectivity index (χ4n) is 10.6. The highest BCUT2D eigenvalue weighted by molar-refractivity contribution is 8.00. The summed E-state index contributed by atoms with van der Waals surface area (Å²) in [5.74, 6) is -5.62. The molecule has 0 fully saturated rings. The summed E-state index contributed by atoms with van der Waals surface area (Å²) in [5.41, 5.74) is 0.0382. The van der Waals surface area contributed by atoms with Crippen LogP contribution in [-0.4, -0.2) is 147 Å². The van der Waals surface area contributed by atoms with Gasteiger partial charge in [-0.25, -0.2) is 37.6 Å². The number of sulfone groups is 1. The summed E-state index contributed by atoms with van der Waals surface area (Å²) in [5, 5.41) is 70.7. The molecule has 0 saturated heterocycles. The number of halogens is 15. The van der Waals surface area contributed by atoms with Crippen LogP contribution < -0.4 is 38.1 Å². The highest BCUT2D eigenvalue weighted by Crippen LogP contribution is 2.45. The molecule has 14 N–H and O–H groups in total. The molecule has 51 heteroatoms. The van der Waals surface area contributed by atoms with Crippen molar-refractivity contribution < 1.29 is 124 Å². The first-order chi connectivity index (χ1) is 67.5. The fraction of sp³-hybridized carbons (Fsp3) is 0.245. The molecule has 10 aromatic rings. The van der Waals surface area contributed by atoms with Crippen molar-refractivity contribution in [3.63, 3.8) is 0 Å². The van der Waals surface area contributed by atoms with Gasteiger partial charge in [0.05, 0.1) is 83.5 Å². The monoisotopic (exact) mass is 2140 g/mol. The molecule has 0 heterocycles. The molecule has 10 rings (SSSR count). The number of nitrogen functional groups attached to an aromatic ring is 1. The lowest BCUT2D eigenvalue weighted by Crippen LogP contribution is -2.45. The molecule has 0 saturated carbocycles. The Morgan fingerprint density at radius 3 is 0.793 bits per heavy atom. The molecule has 0 aliphatic heterocycles. The number of isothiocyanates is 1. The number of nitrogens with zero attached hydrogens (tertiary/aromatic N) is 10. The molecule has 0 aromatic heterocycles. The van der Waals surface area contributed by atoms with E-state index in [1.54, 1.807) is 61.6 Å². The number of alkyl halides is 15. The molecule has 766 valence electrons. The Balaban J connectivity index is 0.000000456. The van der Waals surface area contributed by atoms with Crippen LogP contribution in [0.4, 0.5) is 134 Å². The summed E-state index contributed by atoms with van der Waals surface area (Å²) in [6.07, 6.45) is -23.7. The molecule has 0 unspecified atom stereocenters. The average molecular weight is 2140 g/mol. The van der Waals surface area contributed by atoms with Crippen molar-refractivity contribution in [2.24, 2.45) is 21.0 Å². The van der Waals surface area contributed by atoms with Gasteiger partial charge in [0.25, 0.3) is 29.5 Å². The van der Waals surface area contributed by atoms with Crippen molar-refractivity contribution >= 4 is 172 Å². The lowest BCUT2D eigenvalue weighted by atomic mass is 10.1. The highest BCUT2D eigenvalue weighted by Gasteiger charge is 2.43. The second-order valence-electron chi connectivity index (χ2n) is 30.0. The Hall–Kier alpha value is -14.4. The summed E-state index contributed by atoms with van der Waals surface area (Å²) < 4.78 is 220. The van der Waals surface area contributed by atoms with Gasteiger partial charge in [-0.1, -0.05) is 107 Å². The van der Waals surface area contributed by atoms with E-state index in [1.165, 1.54) is 120 Å². The molecule has 30 nitrogen and oxygen atoms in total. The number of hydrogen-bond acceptors (Lipinski definition) is 23. The van der Waals surface area contributed by atoms with Crippen LogP contribution in [0.5, 0.6) is 0 Å². The van der Waals surface area contributed by atoms with E-state index in [0.29, 0.717) is 46.6 Å². The van der Waals surface area contributed by atoms with E-state index in [9.17, 15) is 124 Å². The molecule has 5 amide bonds. The first kappa shape index (κ1) is 125. The third-order valence-corrected chi connectivity index (χ3v) is 25.3. The second kappa shape index (κ2) is 56.6. The van der Waals surface area contributed by atoms with E-state index in [2.05, 4.69) is 94.1 Å². The largest absolute Gasteiger partial charge is 0.407 e. The van der Waals surface area contributed by atoms with Crippen molar-refractivity contribution in [1.82, 2.24) is 0 Å². The van der Waals surface area contributed by atoms with Gasteiger partial charge in [0.15, 0.2) is 43.9 Å². The Bertz CT molecular complexity index is 6410. The third-order valence-electron chi connectivity index (χ3n) is 18.0. The van der Waals surface area contributed by atoms with Crippen LogP contribution in [0.25, 0.3) is 34.7 Å². The lowest BCUT2D eigenvalue weighted by Gasteiger charge is -2.22. The predicted molar refractivity (Wildman–Crippen MR) is 528 cm³/mol. The van der Waals surface area contributed by atoms with E-state index >= 15 is 0 Å². The van der Waals surface area contributed by atoms with Crippen molar-refractivity contribution in [2.75, 3.05) is 82.2 Å². The number of nitrogens with two attached hydrogens (primary N) is 2. The molecule has 0 spiro atoms. The Labute approximate surface area is 842 Å². The van der Waals surface area contributed by atoms with E-state index in [1.807, 2.05) is 60.7 Å². The van der Waals surface area contributed by atoms with E-state index in [0.717, 1.165) is 75.8 Å². The molecule has 5 atom stereocenters. The van der Waals surface area contributed by atoms with Crippen molar-refractivity contribution in [2.45, 2.75) is 118 Å². The molecule has 0 aliphatic rings. The van der Waals surface area contributed by atoms with Crippen molar-refractivity contribution in [3.05, 3.63) is 331 Å². The third kappa shape index (κ3) is 41.8. The standard InChI is InChI=1S/C18H14F3N5O2S.C18H16F3N3O2S.C18H15F3N2O4S.2C18H15F3N2O2S.C2H3NS.CH3NO.CH5N/c1-17(28,10-29-13-6-3-11(4-7-13)25-26-22)16(27)24-12-5-8-15(23-2)14(9-12)18(19,20)21;1-17(26,10-27-13-6-3-11(22)4-7-13)16(25)24-12-5-8-15(23-2)14(9-12)18(19,20)21;1-17(25,11-28(26,27)13-6-4-3-5-7-13)16(24)23-12-8-9-15(22-2)14(10-12)18(19,20)21;2*1-17(25,11-26-13-6-4-3-5-7-13)16(24)23-12-8-9-15(22-2)14(10-12)18(19,20)21;1-3-2-4;1-2-3;1-2/h3-9,28H,10H2,1H3,(H,24,27);3-9,26H,10,22H2,1H3,(H,24,25);3-10,25H,11H2,1H3,(H,23,24);2*3-10,25H,11H2,1H3,(H,23,24);1H3;1H3;2H2,1H3/t5*17-;;;/m00000.../s1. The van der Waals surface area contributed by atoms with Crippen LogP contribution in [0.1, 0.15) is 62.4 Å². The SMILES string of the molecule is CN.CN=C=S.CN=O.[C-]#[N+]c1ccc(NC(=O)[C@@](C)(O)CS(=O)(=O)c2ccccc2)cc1C(F)(F)F.[C-]#[N+]c1ccc(NC(=O)[C@@](C)(O)CSc2ccc(N)cc2)cc1C(F)(F)F.[C-]#[N+]c1ccc(NC(=O)[C@@](C)(O)CSc2ccc(N=[N+]=[N-])cc2)cc1C(F)(F)F.[C-]#[N+]c1ccc(NC(=O)[C@@](C)(O)CSc2ccccc2)cc1C(F)(F)F.[C-]#[N+]c1ccc(NC(=O)[C@@](C)(O)CSc2ccccc2)cc1C(F)(F)F. The molecular formula is C94H86F15N17O13S6. The number of thiocarbonyl (C=S) groups is 1. The minimum atomic E-state index is -4.82. The van der Waals surface area contributed by atoms with Gasteiger partial charge in [-0.3, -0.25) is 24.0 Å². The molecule has 0 bridgehead atoms. The zero-order valence-corrected chi connectivity index (χ0v) is 81.6. The number of thioether (sulfide) groups is 4. The first-order valence-electron chi connectivity index (χ1n) is 40.3. The minimum Gasteiger partial charge on any atom is -0.399 e. The van der Waals surface area contributed by atoms with Gasteiger partial charge in [-0.2, -0.15) is 70.8 Å². The summed E-state index contributed by atoms with van der Waals surface area (Å²) >= 11 is 8.98. The number of carbonyl (C=O) groups excluding carboxylic acids is 5. The summed E-state index contributed by atoms with van der Waals surface area (Å²) in [6, 6.07) is 52.4. The molecule has 0 aliphatic carbocycles. The number of aliphatic hydroxyl groups is 5. The fourth-order valence-corrected chi connectivity index (χ4v) is 15.9. The number of rotatable bonds is 26. The minimum absolute atomic E-state index is 0.0188. The van der Waals surface area contributed by atoms with Gasteiger partial charge in [0, 0.05) is 94.4 Å². The molecule has 145 heavy (non-hydrogen) atoms. The van der Waals surface area contributed by atoms with Crippen molar-refractivity contribution in [1.29, 1.82) is 0 Å². The number of nitrogens with one attached hydrogen (secondary N) is 5. The average Bonchev–Trinajstić information content (AvgIpc) is 0.808. The van der Waals surface area contributed by atoms with Gasteiger partial charge in [-0.05, 0) is 193 Å². The summed E-state index contributed by atoms with van der Waals surface area (Å²) in [4.78, 5) is 93.1. The normalized spacial score (nSPS) is 12.9. The number of nitroso groups, excluding NO2 is 1. The van der Waals surface area contributed by atoms with Gasteiger partial charge in [-0.15, -0.1) is 47.0 Å². The maximum Gasteiger partial charge on any atom is 0.407 e. The lowest BCUT2D eigenvalue weighted by molar-refractivity contribution is -0.137. The van der Waals surface area contributed by atoms with Crippen LogP contribution in [0, 0.1) is 37.8 Å². The van der Waals surface area contributed by atoms with E-state index < -0.39 is 160 Å². The topological polar surface area (TPSA) is 445 Å². The maximum atomic E-state index is 13.0. The molecular weight excluding hydrogens is 2050 g/mol.